The van der Waals surface area contributed by atoms with Gasteiger partial charge in [-0.05, 0) is 48.8 Å². The molecule has 7 heteroatoms. The first-order chi connectivity index (χ1) is 15.7. The number of rotatable bonds is 6. The van der Waals surface area contributed by atoms with Crippen molar-refractivity contribution < 1.29 is 14.3 Å². The molecule has 32 heavy (non-hydrogen) atoms. The highest BCUT2D eigenvalue weighted by Gasteiger charge is 2.27. The Kier molecular flexibility index (Phi) is 5.57. The van der Waals surface area contributed by atoms with Gasteiger partial charge in [0.1, 0.15) is 10.6 Å². The third-order valence-electron chi connectivity index (χ3n) is 5.89. The normalized spacial score (nSPS) is 13.7. The minimum atomic E-state index is -0.443. The lowest BCUT2D eigenvalue weighted by atomic mass is 9.77. The van der Waals surface area contributed by atoms with Crippen molar-refractivity contribution in [1.82, 2.24) is 14.3 Å². The van der Waals surface area contributed by atoms with E-state index in [0.29, 0.717) is 17.3 Å². The van der Waals surface area contributed by atoms with Crippen molar-refractivity contribution in [2.24, 2.45) is 0 Å². The smallest absolute Gasteiger partial charge is 0.343 e. The molecule has 0 aliphatic heterocycles. The number of fused-ring (bicyclic) bond motifs is 1. The van der Waals surface area contributed by atoms with Crippen molar-refractivity contribution in [3.63, 3.8) is 0 Å². The van der Waals surface area contributed by atoms with Gasteiger partial charge in [0.05, 0.1) is 24.8 Å². The van der Waals surface area contributed by atoms with Gasteiger partial charge in [-0.25, -0.2) is 14.8 Å². The molecule has 0 unspecified atom stereocenters. The number of nitrogens with zero attached hydrogens (tertiary/aromatic N) is 3. The number of pyridine rings is 1. The molecule has 2 heterocycles. The van der Waals surface area contributed by atoms with Crippen molar-refractivity contribution in [1.29, 1.82) is 0 Å². The number of carbonyl (C=O) groups excluding carboxylic acids is 1. The van der Waals surface area contributed by atoms with Crippen LogP contribution in [0.15, 0.2) is 48.5 Å². The predicted octanol–water partition coefficient (Wildman–Crippen LogP) is 5.87. The Labute approximate surface area is 190 Å². The molecule has 6 nitrogen and oxygen atoms in total. The number of ether oxygens (including phenoxy) is 2. The fourth-order valence-electron chi connectivity index (χ4n) is 4.07. The molecule has 0 saturated heterocycles. The molecule has 0 radical (unpaired) electrons. The fourth-order valence-corrected chi connectivity index (χ4v) is 4.74. The Morgan fingerprint density at radius 2 is 1.94 bits per heavy atom. The summed E-state index contributed by atoms with van der Waals surface area (Å²) < 4.78 is 15.4. The third-order valence-corrected chi connectivity index (χ3v) is 6.65. The predicted molar refractivity (Wildman–Crippen MR) is 125 cm³/mol. The molecule has 1 aliphatic rings. The molecule has 0 spiro atoms. The number of aromatic nitrogens is 3. The van der Waals surface area contributed by atoms with Crippen molar-refractivity contribution in [3.05, 3.63) is 59.7 Å². The lowest BCUT2D eigenvalue weighted by molar-refractivity contribution is 0.0522. The van der Waals surface area contributed by atoms with Crippen molar-refractivity contribution in [2.75, 3.05) is 13.7 Å². The fraction of sp³-hybridized carbons (Fsp3) is 0.280. The molecule has 0 N–H and O–H groups in total. The zero-order valence-electron chi connectivity index (χ0n) is 18.0. The van der Waals surface area contributed by atoms with Crippen molar-refractivity contribution >= 4 is 28.4 Å². The molecule has 1 aliphatic carbocycles. The van der Waals surface area contributed by atoms with E-state index in [9.17, 15) is 4.79 Å². The van der Waals surface area contributed by atoms with Gasteiger partial charge in [-0.2, -0.15) is 4.37 Å². The first kappa shape index (κ1) is 20.6. The second kappa shape index (κ2) is 8.67. The summed E-state index contributed by atoms with van der Waals surface area (Å²) in [6, 6.07) is 16.0. The van der Waals surface area contributed by atoms with Crippen LogP contribution in [0.25, 0.3) is 32.9 Å². The highest BCUT2D eigenvalue weighted by atomic mass is 32.1. The van der Waals surface area contributed by atoms with Crippen LogP contribution in [0.2, 0.25) is 0 Å². The topological polar surface area (TPSA) is 74.2 Å². The van der Waals surface area contributed by atoms with E-state index in [4.69, 9.17) is 23.8 Å². The number of hydrogen-bond donors (Lipinski definition) is 0. The molecule has 0 atom stereocenters. The van der Waals surface area contributed by atoms with Crippen LogP contribution < -0.4 is 4.74 Å². The van der Waals surface area contributed by atoms with E-state index in [1.54, 1.807) is 13.0 Å². The molecule has 0 bridgehead atoms. The third kappa shape index (κ3) is 3.62. The van der Waals surface area contributed by atoms with Crippen LogP contribution in [-0.4, -0.2) is 34.0 Å². The van der Waals surface area contributed by atoms with Crippen LogP contribution >= 0.6 is 11.5 Å². The summed E-state index contributed by atoms with van der Waals surface area (Å²) >= 11 is 1.38. The van der Waals surface area contributed by atoms with Gasteiger partial charge in [0.15, 0.2) is 5.82 Å². The summed E-state index contributed by atoms with van der Waals surface area (Å²) in [6.45, 7) is 2.07. The Morgan fingerprint density at radius 1 is 1.12 bits per heavy atom. The Morgan fingerprint density at radius 3 is 2.62 bits per heavy atom. The van der Waals surface area contributed by atoms with Crippen LogP contribution in [0.4, 0.5) is 0 Å². The van der Waals surface area contributed by atoms with Crippen LogP contribution in [0, 0.1) is 0 Å². The summed E-state index contributed by atoms with van der Waals surface area (Å²) in [6.07, 6.45) is 3.51. The van der Waals surface area contributed by atoms with E-state index >= 15 is 0 Å². The maximum absolute atomic E-state index is 12.4. The second-order valence-corrected chi connectivity index (χ2v) is 8.54. The van der Waals surface area contributed by atoms with Gasteiger partial charge in [-0.3, -0.25) is 0 Å². The molecule has 162 valence electrons. The average molecular weight is 446 g/mol. The summed E-state index contributed by atoms with van der Waals surface area (Å²) in [5.74, 6) is 0.943. The van der Waals surface area contributed by atoms with Crippen LogP contribution in [0.1, 0.15) is 48.0 Å². The minimum Gasteiger partial charge on any atom is -0.480 e. The standard InChI is InChI=1S/C25H23N3O3S/c1-3-31-25(29)19-14-17-12-13-18(15-10-7-11-15)20(21(17)26-23(19)30-2)22-27-24(32-28-22)16-8-5-4-6-9-16/h4-6,8-9,12-15H,3,7,10-11H2,1-2H3. The molecular formula is C25H23N3O3S. The quantitative estimate of drug-likeness (QED) is 0.345. The number of methoxy groups -OCH3 is 1. The zero-order chi connectivity index (χ0) is 22.1. The van der Waals surface area contributed by atoms with Gasteiger partial charge in [-0.1, -0.05) is 48.9 Å². The molecule has 2 aromatic heterocycles. The van der Waals surface area contributed by atoms with Gasteiger partial charge < -0.3 is 9.47 Å². The largest absolute Gasteiger partial charge is 0.480 e. The summed E-state index contributed by atoms with van der Waals surface area (Å²) in [7, 11) is 1.51. The molecular weight excluding hydrogens is 422 g/mol. The number of carbonyl (C=O) groups is 1. The van der Waals surface area contributed by atoms with E-state index in [-0.39, 0.29) is 12.5 Å². The van der Waals surface area contributed by atoms with E-state index in [0.717, 1.165) is 39.9 Å². The van der Waals surface area contributed by atoms with E-state index in [1.807, 2.05) is 36.4 Å². The monoisotopic (exact) mass is 445 g/mol. The highest BCUT2D eigenvalue weighted by molar-refractivity contribution is 7.09. The molecule has 4 aromatic rings. The zero-order valence-corrected chi connectivity index (χ0v) is 18.8. The van der Waals surface area contributed by atoms with Crippen LogP contribution in [0.3, 0.4) is 0 Å². The molecule has 1 fully saturated rings. The summed E-state index contributed by atoms with van der Waals surface area (Å²) in [4.78, 5) is 22.1. The second-order valence-electron chi connectivity index (χ2n) is 7.78. The summed E-state index contributed by atoms with van der Waals surface area (Å²) in [5, 5.41) is 1.70. The maximum atomic E-state index is 12.4. The van der Waals surface area contributed by atoms with Crippen LogP contribution in [0.5, 0.6) is 5.88 Å². The number of esters is 1. The lowest BCUT2D eigenvalue weighted by Gasteiger charge is -2.28. The molecule has 0 amide bonds. The maximum Gasteiger partial charge on any atom is 0.343 e. The number of benzene rings is 2. The molecule has 2 aromatic carbocycles. The van der Waals surface area contributed by atoms with Crippen molar-refractivity contribution in [2.45, 2.75) is 32.1 Å². The Balaban J connectivity index is 1.70. The Hall–Kier alpha value is -3.32. The van der Waals surface area contributed by atoms with E-state index < -0.39 is 5.97 Å². The van der Waals surface area contributed by atoms with Gasteiger partial charge in [0.25, 0.3) is 0 Å². The van der Waals surface area contributed by atoms with E-state index in [2.05, 4.69) is 6.07 Å². The first-order valence-electron chi connectivity index (χ1n) is 10.8. The molecule has 5 rings (SSSR count). The van der Waals surface area contributed by atoms with Crippen LogP contribution in [-0.2, 0) is 4.74 Å². The average Bonchev–Trinajstić information content (AvgIpc) is 3.27. The SMILES string of the molecule is CCOC(=O)c1cc2ccc(C3CCC3)c(-c3nsc(-c4ccccc4)n3)c2nc1OC. The molecule has 1 saturated carbocycles. The van der Waals surface area contributed by atoms with Gasteiger partial charge >= 0.3 is 5.97 Å². The first-order valence-corrected chi connectivity index (χ1v) is 11.5. The van der Waals surface area contributed by atoms with E-state index in [1.165, 1.54) is 30.6 Å². The minimum absolute atomic E-state index is 0.251. The van der Waals surface area contributed by atoms with Gasteiger partial charge in [-0.15, -0.1) is 0 Å². The summed E-state index contributed by atoms with van der Waals surface area (Å²) in [5.41, 5.74) is 4.24. The van der Waals surface area contributed by atoms with Gasteiger partial charge in [0, 0.05) is 10.9 Å². The lowest BCUT2D eigenvalue weighted by Crippen LogP contribution is -2.12. The van der Waals surface area contributed by atoms with Gasteiger partial charge in [0.2, 0.25) is 5.88 Å². The van der Waals surface area contributed by atoms with Crippen molar-refractivity contribution in [3.8, 4) is 27.8 Å². The highest BCUT2D eigenvalue weighted by Crippen LogP contribution is 2.44. The number of hydrogen-bond acceptors (Lipinski definition) is 7. The Bertz CT molecular complexity index is 1280.